The lowest BCUT2D eigenvalue weighted by atomic mass is 10.2. The Morgan fingerprint density at radius 3 is 2.26 bits per heavy atom. The summed E-state index contributed by atoms with van der Waals surface area (Å²) in [5, 5.41) is 3.27. The van der Waals surface area contributed by atoms with Crippen LogP contribution >= 0.6 is 0 Å². The fourth-order valence-electron chi connectivity index (χ4n) is 2.64. The van der Waals surface area contributed by atoms with Gasteiger partial charge in [0.2, 0.25) is 10.0 Å². The van der Waals surface area contributed by atoms with E-state index in [1.54, 1.807) is 18.2 Å². The van der Waals surface area contributed by atoms with Crippen molar-refractivity contribution in [1.82, 2.24) is 14.5 Å². The van der Waals surface area contributed by atoms with E-state index in [4.69, 9.17) is 0 Å². The molecule has 0 heterocycles. The van der Waals surface area contributed by atoms with Gasteiger partial charge >= 0.3 is 0 Å². The van der Waals surface area contributed by atoms with Crippen LogP contribution in [0.15, 0.2) is 64.5 Å². The number of sulfonamides is 1. The van der Waals surface area contributed by atoms with E-state index in [0.717, 1.165) is 12.5 Å². The van der Waals surface area contributed by atoms with E-state index in [2.05, 4.69) is 22.4 Å². The fourth-order valence-corrected chi connectivity index (χ4v) is 3.75. The second-order valence-electron chi connectivity index (χ2n) is 6.41. The highest BCUT2D eigenvalue weighted by molar-refractivity contribution is 7.89. The summed E-state index contributed by atoms with van der Waals surface area (Å²) in [7, 11) is 1.53. The zero-order chi connectivity index (χ0) is 19.9. The molecule has 6 nitrogen and oxygen atoms in total. The molecular weight excluding hydrogens is 360 g/mol. The molecule has 0 amide bonds. The van der Waals surface area contributed by atoms with E-state index < -0.39 is 10.0 Å². The first-order valence-electron chi connectivity index (χ1n) is 8.90. The normalized spacial score (nSPS) is 12.3. The van der Waals surface area contributed by atoms with Crippen molar-refractivity contribution in [2.75, 3.05) is 27.7 Å². The van der Waals surface area contributed by atoms with Crippen molar-refractivity contribution in [3.8, 4) is 0 Å². The van der Waals surface area contributed by atoms with Gasteiger partial charge in [-0.3, -0.25) is 0 Å². The minimum absolute atomic E-state index is 0.282. The molecule has 7 heteroatoms. The summed E-state index contributed by atoms with van der Waals surface area (Å²) in [6, 6.07) is 17.1. The van der Waals surface area contributed by atoms with Crippen LogP contribution in [0.1, 0.15) is 18.1 Å². The number of nitrogens with one attached hydrogen (secondary N) is 1. The Bertz CT molecular complexity index is 865. The third-order valence-electron chi connectivity index (χ3n) is 4.09. The molecule has 0 aromatic heterocycles. The second-order valence-corrected chi connectivity index (χ2v) is 8.53. The summed E-state index contributed by atoms with van der Waals surface area (Å²) < 4.78 is 26.3. The van der Waals surface area contributed by atoms with E-state index in [1.165, 1.54) is 24.0 Å². The molecule has 0 atom stereocenters. The minimum atomic E-state index is -3.51. The predicted octanol–water partition coefficient (Wildman–Crippen LogP) is 2.53. The summed E-state index contributed by atoms with van der Waals surface area (Å²) in [6.45, 7) is 3.74. The van der Waals surface area contributed by atoms with Gasteiger partial charge in [0.15, 0.2) is 5.96 Å². The molecule has 0 aliphatic carbocycles. The first kappa shape index (κ1) is 20.9. The standard InChI is InChI=1S/C20H28N4O2S/c1-5-21-20(24(4)16-17-11-7-6-8-12-17)22-15-18-13-9-10-14-19(18)27(25,26)23(2)3/h6-14H,5,15-16H2,1-4H3,(H,21,22). The summed E-state index contributed by atoms with van der Waals surface area (Å²) >= 11 is 0. The van der Waals surface area contributed by atoms with Gasteiger partial charge in [-0.05, 0) is 24.1 Å². The maximum atomic E-state index is 12.5. The maximum absolute atomic E-state index is 12.5. The summed E-state index contributed by atoms with van der Waals surface area (Å²) in [6.07, 6.45) is 0. The Labute approximate surface area is 162 Å². The molecule has 0 aliphatic rings. The van der Waals surface area contributed by atoms with Gasteiger partial charge in [0, 0.05) is 34.2 Å². The average molecular weight is 389 g/mol. The highest BCUT2D eigenvalue weighted by atomic mass is 32.2. The van der Waals surface area contributed by atoms with Crippen molar-refractivity contribution >= 4 is 16.0 Å². The van der Waals surface area contributed by atoms with Crippen LogP contribution in [0, 0.1) is 0 Å². The molecule has 2 rings (SSSR count). The van der Waals surface area contributed by atoms with E-state index in [1.807, 2.05) is 43.1 Å². The average Bonchev–Trinajstić information content (AvgIpc) is 2.66. The minimum Gasteiger partial charge on any atom is -0.357 e. The first-order chi connectivity index (χ1) is 12.9. The lowest BCUT2D eigenvalue weighted by Crippen LogP contribution is -2.38. The van der Waals surface area contributed by atoms with Crippen LogP contribution in [0.5, 0.6) is 0 Å². The third-order valence-corrected chi connectivity index (χ3v) is 6.00. The Hall–Kier alpha value is -2.38. The molecule has 1 N–H and O–H groups in total. The Morgan fingerprint density at radius 2 is 1.63 bits per heavy atom. The van der Waals surface area contributed by atoms with Crippen LogP contribution in [-0.4, -0.2) is 51.3 Å². The van der Waals surface area contributed by atoms with Crippen molar-refractivity contribution in [2.45, 2.75) is 24.9 Å². The van der Waals surface area contributed by atoms with Gasteiger partial charge < -0.3 is 10.2 Å². The van der Waals surface area contributed by atoms with Gasteiger partial charge in [-0.15, -0.1) is 0 Å². The molecule has 0 aliphatic heterocycles. The van der Waals surface area contributed by atoms with E-state index in [-0.39, 0.29) is 6.54 Å². The molecule has 0 saturated heterocycles. The molecule has 0 spiro atoms. The van der Waals surface area contributed by atoms with Crippen LogP contribution in [0.2, 0.25) is 0 Å². The lowest BCUT2D eigenvalue weighted by molar-refractivity contribution is 0.476. The topological polar surface area (TPSA) is 65.0 Å². The zero-order valence-electron chi connectivity index (χ0n) is 16.4. The van der Waals surface area contributed by atoms with Gasteiger partial charge in [0.05, 0.1) is 11.4 Å². The van der Waals surface area contributed by atoms with Gasteiger partial charge in [0.25, 0.3) is 0 Å². The highest BCUT2D eigenvalue weighted by Gasteiger charge is 2.20. The van der Waals surface area contributed by atoms with Crippen LogP contribution in [0.25, 0.3) is 0 Å². The lowest BCUT2D eigenvalue weighted by Gasteiger charge is -2.22. The molecule has 0 bridgehead atoms. The molecule has 0 saturated carbocycles. The van der Waals surface area contributed by atoms with Crippen LogP contribution in [0.3, 0.4) is 0 Å². The van der Waals surface area contributed by atoms with Crippen LogP contribution in [-0.2, 0) is 23.1 Å². The zero-order valence-corrected chi connectivity index (χ0v) is 17.2. The fraction of sp³-hybridized carbons (Fsp3) is 0.350. The van der Waals surface area contributed by atoms with Crippen molar-refractivity contribution in [3.05, 3.63) is 65.7 Å². The number of hydrogen-bond acceptors (Lipinski definition) is 3. The summed E-state index contributed by atoms with van der Waals surface area (Å²) in [4.78, 5) is 6.98. The van der Waals surface area contributed by atoms with Gasteiger partial charge in [-0.2, -0.15) is 0 Å². The van der Waals surface area contributed by atoms with Crippen molar-refractivity contribution in [1.29, 1.82) is 0 Å². The Balaban J connectivity index is 2.25. The van der Waals surface area contributed by atoms with Crippen molar-refractivity contribution in [3.63, 3.8) is 0 Å². The molecule has 0 fully saturated rings. The van der Waals surface area contributed by atoms with E-state index >= 15 is 0 Å². The number of aliphatic imine (C=N–C) groups is 1. The molecule has 0 unspecified atom stereocenters. The second kappa shape index (κ2) is 9.53. The number of nitrogens with zero attached hydrogens (tertiary/aromatic N) is 3. The van der Waals surface area contributed by atoms with Crippen LogP contribution in [0.4, 0.5) is 0 Å². The number of benzene rings is 2. The largest absolute Gasteiger partial charge is 0.357 e. The summed E-state index contributed by atoms with van der Waals surface area (Å²) in [5.74, 6) is 0.735. The molecule has 2 aromatic rings. The van der Waals surface area contributed by atoms with Gasteiger partial charge in [-0.25, -0.2) is 17.7 Å². The quantitative estimate of drug-likeness (QED) is 0.585. The third kappa shape index (κ3) is 5.55. The maximum Gasteiger partial charge on any atom is 0.242 e. The molecule has 0 radical (unpaired) electrons. The van der Waals surface area contributed by atoms with Gasteiger partial charge in [0.1, 0.15) is 0 Å². The number of rotatable bonds is 7. The Morgan fingerprint density at radius 1 is 1.00 bits per heavy atom. The highest BCUT2D eigenvalue weighted by Crippen LogP contribution is 2.19. The van der Waals surface area contributed by atoms with Crippen molar-refractivity contribution in [2.24, 2.45) is 4.99 Å². The molecule has 146 valence electrons. The molecular formula is C20H28N4O2S. The summed E-state index contributed by atoms with van der Waals surface area (Å²) in [5.41, 5.74) is 1.86. The van der Waals surface area contributed by atoms with Crippen LogP contribution < -0.4 is 5.32 Å². The first-order valence-corrected chi connectivity index (χ1v) is 10.3. The SMILES string of the molecule is CCNC(=NCc1ccccc1S(=O)(=O)N(C)C)N(C)Cc1ccccc1. The van der Waals surface area contributed by atoms with Gasteiger partial charge in [-0.1, -0.05) is 48.5 Å². The molecule has 2 aromatic carbocycles. The van der Waals surface area contributed by atoms with E-state index in [9.17, 15) is 8.42 Å². The van der Waals surface area contributed by atoms with Crippen molar-refractivity contribution < 1.29 is 8.42 Å². The van der Waals surface area contributed by atoms with E-state index in [0.29, 0.717) is 17.0 Å². The monoisotopic (exact) mass is 388 g/mol. The number of guanidine groups is 1. The molecule has 27 heavy (non-hydrogen) atoms. The number of hydrogen-bond donors (Lipinski definition) is 1. The predicted molar refractivity (Wildman–Crippen MR) is 110 cm³/mol. The smallest absolute Gasteiger partial charge is 0.242 e. The Kier molecular flexibility index (Phi) is 7.38.